The molecule has 2 aromatic heterocycles. The van der Waals surface area contributed by atoms with Gasteiger partial charge in [0.15, 0.2) is 0 Å². The highest BCUT2D eigenvalue weighted by Crippen LogP contribution is 2.45. The largest absolute Gasteiger partial charge is 0.356 e. The Balaban J connectivity index is 1.79. The molecule has 5 rings (SSSR count). The van der Waals surface area contributed by atoms with Gasteiger partial charge in [0, 0.05) is 39.4 Å². The van der Waals surface area contributed by atoms with E-state index in [0.29, 0.717) is 6.42 Å². The number of H-pyrrole nitrogens is 1. The number of aromatic nitrogens is 1. The molecule has 0 unspecified atom stereocenters. The molecule has 5 nitrogen and oxygen atoms in total. The van der Waals surface area contributed by atoms with Gasteiger partial charge in [0.05, 0.1) is 6.54 Å². The first-order chi connectivity index (χ1) is 12.6. The standard InChI is InChI=1S/C19H16BrN3O2S/c1-22-9-15(24)23-14(19(22)25)8-11-10-4-2-3-5-13(10)21-16(11)17(23)18-12(20)6-7-26-18/h2-7,14,17,21H,8-9H2,1H3/t14-,17-/m1/s1. The predicted octanol–water partition coefficient (Wildman–Crippen LogP) is 3.31. The molecule has 26 heavy (non-hydrogen) atoms. The van der Waals surface area contributed by atoms with Crippen LogP contribution in [0.3, 0.4) is 0 Å². The molecule has 0 saturated carbocycles. The van der Waals surface area contributed by atoms with Crippen molar-refractivity contribution in [2.75, 3.05) is 13.6 Å². The Morgan fingerprint density at radius 2 is 2.04 bits per heavy atom. The normalized spacial score (nSPS) is 22.7. The van der Waals surface area contributed by atoms with Gasteiger partial charge in [-0.1, -0.05) is 18.2 Å². The van der Waals surface area contributed by atoms with Gasteiger partial charge in [-0.05, 0) is 39.0 Å². The molecule has 2 aliphatic heterocycles. The number of hydrogen-bond acceptors (Lipinski definition) is 3. The fourth-order valence-electron chi connectivity index (χ4n) is 4.18. The summed E-state index contributed by atoms with van der Waals surface area (Å²) in [5.41, 5.74) is 3.21. The van der Waals surface area contributed by atoms with Gasteiger partial charge in [-0.2, -0.15) is 0 Å². The van der Waals surface area contributed by atoms with Gasteiger partial charge in [0.25, 0.3) is 0 Å². The van der Waals surface area contributed by atoms with Crippen molar-refractivity contribution >= 4 is 50.0 Å². The highest BCUT2D eigenvalue weighted by molar-refractivity contribution is 9.10. The maximum absolute atomic E-state index is 12.9. The molecule has 0 spiro atoms. The molecule has 2 aliphatic rings. The summed E-state index contributed by atoms with van der Waals surface area (Å²) in [5.74, 6) is 0.00455. The van der Waals surface area contributed by atoms with Gasteiger partial charge in [0.2, 0.25) is 11.8 Å². The number of hydrogen-bond donors (Lipinski definition) is 1. The van der Waals surface area contributed by atoms with Crippen LogP contribution in [0, 0.1) is 0 Å². The number of amides is 2. The lowest BCUT2D eigenvalue weighted by Gasteiger charge is -2.46. The quantitative estimate of drug-likeness (QED) is 0.644. The third-order valence-electron chi connectivity index (χ3n) is 5.35. The Bertz CT molecular complexity index is 1060. The number of fused-ring (bicyclic) bond motifs is 4. The number of piperazine rings is 1. The summed E-state index contributed by atoms with van der Waals surface area (Å²) >= 11 is 5.23. The van der Waals surface area contributed by atoms with Crippen LogP contribution < -0.4 is 0 Å². The third-order valence-corrected chi connectivity index (χ3v) is 7.27. The number of likely N-dealkylation sites (N-methyl/N-ethyl adjacent to an activating group) is 1. The topological polar surface area (TPSA) is 56.4 Å². The number of rotatable bonds is 1. The van der Waals surface area contributed by atoms with Crippen molar-refractivity contribution in [3.05, 3.63) is 56.3 Å². The Hall–Kier alpha value is -2.12. The van der Waals surface area contributed by atoms with Crippen LogP contribution in [-0.2, 0) is 16.0 Å². The molecule has 1 fully saturated rings. The summed E-state index contributed by atoms with van der Waals surface area (Å²) in [7, 11) is 1.71. The maximum Gasteiger partial charge on any atom is 0.245 e. The SMILES string of the molecule is CN1CC(=O)N2[C@@H](c3sccc3Br)c3[nH]c4ccccc4c3C[C@@H]2C1=O. The minimum absolute atomic E-state index is 0.00768. The number of nitrogens with one attached hydrogen (secondary N) is 1. The second-order valence-corrected chi connectivity index (χ2v) is 8.62. The fourth-order valence-corrected chi connectivity index (χ4v) is 5.88. The zero-order valence-corrected chi connectivity index (χ0v) is 16.4. The van der Waals surface area contributed by atoms with Crippen LogP contribution in [0.4, 0.5) is 0 Å². The third kappa shape index (κ3) is 2.13. The molecule has 1 saturated heterocycles. The molecular weight excluding hydrogens is 414 g/mol. The summed E-state index contributed by atoms with van der Waals surface area (Å²) in [6.07, 6.45) is 0.549. The molecule has 0 bridgehead atoms. The van der Waals surface area contributed by atoms with E-state index >= 15 is 0 Å². The van der Waals surface area contributed by atoms with E-state index in [2.05, 4.69) is 27.0 Å². The smallest absolute Gasteiger partial charge is 0.245 e. The second kappa shape index (κ2) is 5.69. The van der Waals surface area contributed by atoms with Gasteiger partial charge >= 0.3 is 0 Å². The molecule has 3 aromatic rings. The van der Waals surface area contributed by atoms with Crippen LogP contribution in [0.2, 0.25) is 0 Å². The molecule has 1 aromatic carbocycles. The van der Waals surface area contributed by atoms with Crippen molar-refractivity contribution in [2.45, 2.75) is 18.5 Å². The van der Waals surface area contributed by atoms with Crippen molar-refractivity contribution in [2.24, 2.45) is 0 Å². The van der Waals surface area contributed by atoms with E-state index in [1.165, 1.54) is 0 Å². The van der Waals surface area contributed by atoms with Crippen LogP contribution in [0.25, 0.3) is 10.9 Å². The van der Waals surface area contributed by atoms with Crippen LogP contribution >= 0.6 is 27.3 Å². The van der Waals surface area contributed by atoms with Crippen molar-refractivity contribution < 1.29 is 9.59 Å². The zero-order chi connectivity index (χ0) is 18.0. The molecule has 2 amide bonds. The van der Waals surface area contributed by atoms with Gasteiger partial charge in [0.1, 0.15) is 12.1 Å². The highest BCUT2D eigenvalue weighted by atomic mass is 79.9. The van der Waals surface area contributed by atoms with Crippen LogP contribution in [0.1, 0.15) is 22.2 Å². The Kier molecular flexibility index (Phi) is 3.52. The second-order valence-electron chi connectivity index (χ2n) is 6.81. The minimum Gasteiger partial charge on any atom is -0.356 e. The highest BCUT2D eigenvalue weighted by Gasteiger charge is 2.48. The number of thiophene rings is 1. The molecule has 7 heteroatoms. The van der Waals surface area contributed by atoms with Gasteiger partial charge in [-0.15, -0.1) is 11.3 Å². The number of carbonyl (C=O) groups is 2. The number of benzene rings is 1. The van der Waals surface area contributed by atoms with Crippen molar-refractivity contribution in [1.82, 2.24) is 14.8 Å². The summed E-state index contributed by atoms with van der Waals surface area (Å²) in [6, 6.07) is 9.41. The Morgan fingerprint density at radius 3 is 2.81 bits per heavy atom. The maximum atomic E-state index is 12.9. The van der Waals surface area contributed by atoms with Gasteiger partial charge in [-0.3, -0.25) is 9.59 Å². The average Bonchev–Trinajstić information content (AvgIpc) is 3.21. The van der Waals surface area contributed by atoms with E-state index in [-0.39, 0.29) is 24.4 Å². The Morgan fingerprint density at radius 1 is 1.23 bits per heavy atom. The van der Waals surface area contributed by atoms with Gasteiger partial charge < -0.3 is 14.8 Å². The van der Waals surface area contributed by atoms with E-state index in [4.69, 9.17) is 0 Å². The van der Waals surface area contributed by atoms with Gasteiger partial charge in [-0.25, -0.2) is 0 Å². The summed E-state index contributed by atoms with van der Waals surface area (Å²) in [6.45, 7) is 0.129. The molecule has 0 aliphatic carbocycles. The number of para-hydroxylation sites is 1. The molecule has 132 valence electrons. The molecule has 1 N–H and O–H groups in total. The minimum atomic E-state index is -0.452. The molecule has 2 atom stereocenters. The van der Waals surface area contributed by atoms with E-state index < -0.39 is 6.04 Å². The summed E-state index contributed by atoms with van der Waals surface area (Å²) in [5, 5.41) is 3.14. The van der Waals surface area contributed by atoms with E-state index in [1.54, 1.807) is 28.2 Å². The first-order valence-corrected chi connectivity index (χ1v) is 10.1. The zero-order valence-electron chi connectivity index (χ0n) is 14.0. The molecular formula is C19H16BrN3O2S. The van der Waals surface area contributed by atoms with E-state index in [9.17, 15) is 9.59 Å². The number of halogens is 1. The number of carbonyl (C=O) groups excluding carboxylic acids is 2. The lowest BCUT2D eigenvalue weighted by molar-refractivity contribution is -0.157. The first kappa shape index (κ1) is 16.1. The van der Waals surface area contributed by atoms with Crippen molar-refractivity contribution in [3.63, 3.8) is 0 Å². The Labute approximate surface area is 162 Å². The summed E-state index contributed by atoms with van der Waals surface area (Å²) in [4.78, 5) is 33.7. The molecule has 4 heterocycles. The monoisotopic (exact) mass is 429 g/mol. The predicted molar refractivity (Wildman–Crippen MR) is 104 cm³/mol. The number of aromatic amines is 1. The summed E-state index contributed by atoms with van der Waals surface area (Å²) < 4.78 is 0.969. The average molecular weight is 430 g/mol. The van der Waals surface area contributed by atoms with E-state index in [1.807, 2.05) is 29.6 Å². The van der Waals surface area contributed by atoms with Crippen molar-refractivity contribution in [3.8, 4) is 0 Å². The van der Waals surface area contributed by atoms with Crippen molar-refractivity contribution in [1.29, 1.82) is 0 Å². The molecule has 0 radical (unpaired) electrons. The fraction of sp³-hybridized carbons (Fsp3) is 0.263. The first-order valence-electron chi connectivity index (χ1n) is 8.44. The van der Waals surface area contributed by atoms with Crippen LogP contribution in [0.15, 0.2) is 40.2 Å². The van der Waals surface area contributed by atoms with Crippen LogP contribution in [0.5, 0.6) is 0 Å². The van der Waals surface area contributed by atoms with Crippen LogP contribution in [-0.4, -0.2) is 46.2 Å². The lowest BCUT2D eigenvalue weighted by atomic mass is 9.88. The van der Waals surface area contributed by atoms with E-state index in [0.717, 1.165) is 31.5 Å². The number of nitrogens with zero attached hydrogens (tertiary/aromatic N) is 2. The lowest BCUT2D eigenvalue weighted by Crippen LogP contribution is -2.62.